The van der Waals surface area contributed by atoms with E-state index >= 15 is 0 Å². The molecule has 0 spiro atoms. The molecule has 2 aromatic rings. The topological polar surface area (TPSA) is 288 Å². The first kappa shape index (κ1) is 38.4. The molecular weight excluding hydrogens is 638 g/mol. The van der Waals surface area contributed by atoms with Crippen molar-refractivity contribution in [3.8, 4) is 0 Å². The van der Waals surface area contributed by atoms with Gasteiger partial charge >= 0.3 is 23.5 Å². The second kappa shape index (κ2) is 17.2. The summed E-state index contributed by atoms with van der Waals surface area (Å²) in [6.45, 7) is 5.73. The van der Waals surface area contributed by atoms with Crippen LogP contribution in [-0.2, 0) is 38.4 Å². The quantitative estimate of drug-likeness (QED) is 0.0980. The third-order valence-corrected chi connectivity index (χ3v) is 6.83. The van der Waals surface area contributed by atoms with Crippen LogP contribution in [0, 0.1) is 12.8 Å². The number of rotatable bonds is 17. The summed E-state index contributed by atoms with van der Waals surface area (Å²) in [5.41, 5.74) is 0.264. The predicted octanol–water partition coefficient (Wildman–Crippen LogP) is -0.531. The Kier molecular flexibility index (Phi) is 13.8. The van der Waals surface area contributed by atoms with Crippen LogP contribution in [0.25, 0.3) is 11.0 Å². The zero-order valence-electron chi connectivity index (χ0n) is 26.4. The predicted molar refractivity (Wildman–Crippen MR) is 165 cm³/mol. The number of anilines is 1. The highest BCUT2D eigenvalue weighted by Gasteiger charge is 2.34. The van der Waals surface area contributed by atoms with Gasteiger partial charge in [-0.2, -0.15) is 0 Å². The molecule has 48 heavy (non-hydrogen) atoms. The molecule has 4 atom stereocenters. The molecule has 0 aliphatic rings. The molecule has 0 saturated heterocycles. The molecule has 1 aromatic carbocycles. The van der Waals surface area contributed by atoms with Gasteiger partial charge < -0.3 is 46.3 Å². The first-order chi connectivity index (χ1) is 22.4. The molecule has 1 aromatic heterocycles. The highest BCUT2D eigenvalue weighted by Crippen LogP contribution is 2.21. The van der Waals surface area contributed by atoms with Crippen LogP contribution < -0.4 is 32.2 Å². The van der Waals surface area contributed by atoms with Crippen molar-refractivity contribution < 1.29 is 58.1 Å². The van der Waals surface area contributed by atoms with Gasteiger partial charge in [0, 0.05) is 36.6 Å². The summed E-state index contributed by atoms with van der Waals surface area (Å²) in [7, 11) is 0. The third-order valence-electron chi connectivity index (χ3n) is 6.83. The number of aryl methyl sites for hydroxylation is 1. The minimum absolute atomic E-state index is 0.122. The Morgan fingerprint density at radius 2 is 1.29 bits per heavy atom. The maximum absolute atomic E-state index is 13.3. The smallest absolute Gasteiger partial charge is 0.336 e. The van der Waals surface area contributed by atoms with Crippen LogP contribution in [-0.4, -0.2) is 86.9 Å². The molecular formula is C30H37N5O13. The third kappa shape index (κ3) is 11.8. The highest BCUT2D eigenvalue weighted by atomic mass is 16.4. The second-order valence-electron chi connectivity index (χ2n) is 11.2. The second-order valence-corrected chi connectivity index (χ2v) is 11.2. The minimum atomic E-state index is -1.66. The zero-order valence-corrected chi connectivity index (χ0v) is 26.4. The number of aliphatic carboxylic acids is 3. The molecule has 0 bridgehead atoms. The fourth-order valence-corrected chi connectivity index (χ4v) is 4.50. The van der Waals surface area contributed by atoms with Crippen molar-refractivity contribution in [2.24, 2.45) is 5.92 Å². The van der Waals surface area contributed by atoms with E-state index < -0.39 is 109 Å². The lowest BCUT2D eigenvalue weighted by atomic mass is 10.0. The molecule has 1 heterocycles. The average molecular weight is 676 g/mol. The first-order valence-corrected chi connectivity index (χ1v) is 14.6. The van der Waals surface area contributed by atoms with E-state index in [-0.39, 0.29) is 11.3 Å². The number of hydrogen-bond acceptors (Lipinski definition) is 10. The largest absolute Gasteiger partial charge is 0.481 e. The van der Waals surface area contributed by atoms with Crippen LogP contribution in [0.2, 0.25) is 0 Å². The number of amides is 5. The molecule has 260 valence electrons. The van der Waals surface area contributed by atoms with Crippen molar-refractivity contribution in [2.45, 2.75) is 77.5 Å². The molecule has 2 rings (SSSR count). The van der Waals surface area contributed by atoms with Crippen LogP contribution in [0.5, 0.6) is 0 Å². The summed E-state index contributed by atoms with van der Waals surface area (Å²) < 4.78 is 5.16. The Morgan fingerprint density at radius 3 is 1.83 bits per heavy atom. The van der Waals surface area contributed by atoms with Crippen molar-refractivity contribution in [3.63, 3.8) is 0 Å². The molecule has 0 fully saturated rings. The maximum atomic E-state index is 13.3. The summed E-state index contributed by atoms with van der Waals surface area (Å²) in [4.78, 5) is 110. The number of carboxylic acid groups (broad SMARTS) is 3. The molecule has 1 unspecified atom stereocenters. The molecule has 18 heteroatoms. The van der Waals surface area contributed by atoms with E-state index in [1.165, 1.54) is 32.0 Å². The summed E-state index contributed by atoms with van der Waals surface area (Å²) in [6, 6.07) is -0.645. The molecule has 0 aliphatic carbocycles. The molecule has 0 saturated carbocycles. The number of benzene rings is 1. The Balaban J connectivity index is 2.27. The molecule has 0 aliphatic heterocycles. The fraction of sp³-hybridized carbons (Fsp3) is 0.433. The Hall–Kier alpha value is -5.81. The number of hydrogen-bond donors (Lipinski definition) is 8. The number of nitrogens with one attached hydrogen (secondary N) is 5. The summed E-state index contributed by atoms with van der Waals surface area (Å²) in [5, 5.41) is 39.7. The van der Waals surface area contributed by atoms with E-state index in [4.69, 9.17) is 14.6 Å². The van der Waals surface area contributed by atoms with Crippen LogP contribution in [0.3, 0.4) is 0 Å². The van der Waals surface area contributed by atoms with Crippen molar-refractivity contribution in [1.82, 2.24) is 21.3 Å². The molecule has 5 amide bonds. The van der Waals surface area contributed by atoms with Crippen LogP contribution in [0.15, 0.2) is 33.5 Å². The van der Waals surface area contributed by atoms with Gasteiger partial charge in [-0.15, -0.1) is 0 Å². The molecule has 0 radical (unpaired) electrons. The van der Waals surface area contributed by atoms with Crippen molar-refractivity contribution in [1.29, 1.82) is 0 Å². The lowest BCUT2D eigenvalue weighted by Gasteiger charge is -2.27. The number of carbonyl (C=O) groups excluding carboxylic acids is 5. The highest BCUT2D eigenvalue weighted by molar-refractivity contribution is 6.01. The zero-order chi connectivity index (χ0) is 36.3. The molecule has 18 nitrogen and oxygen atoms in total. The van der Waals surface area contributed by atoms with Gasteiger partial charge in [-0.05, 0) is 37.0 Å². The molecule has 8 N–H and O–H groups in total. The van der Waals surface area contributed by atoms with Gasteiger partial charge in [-0.1, -0.05) is 13.8 Å². The van der Waals surface area contributed by atoms with Crippen molar-refractivity contribution in [3.05, 3.63) is 40.2 Å². The first-order valence-electron chi connectivity index (χ1n) is 14.6. The lowest BCUT2D eigenvalue weighted by Crippen LogP contribution is -2.59. The van der Waals surface area contributed by atoms with E-state index in [0.29, 0.717) is 10.9 Å². The van der Waals surface area contributed by atoms with Gasteiger partial charge in [0.15, 0.2) is 0 Å². The van der Waals surface area contributed by atoms with E-state index in [1.807, 2.05) is 0 Å². The fourth-order valence-electron chi connectivity index (χ4n) is 4.50. The lowest BCUT2D eigenvalue weighted by molar-refractivity contribution is -0.142. The average Bonchev–Trinajstić information content (AvgIpc) is 2.95. The SMILES string of the molecule is CC(=O)N[C@@H](CC(=O)O)C(=O)N[C@@H](CCC(=O)O)C(=O)NC(C(=O)N[C@@H](CC(=O)O)C(=O)Nc1ccc2c(C)cc(=O)oc2c1)C(C)C. The van der Waals surface area contributed by atoms with Gasteiger partial charge in [0.05, 0.1) is 12.8 Å². The number of carboxylic acids is 3. The van der Waals surface area contributed by atoms with Gasteiger partial charge in [0.25, 0.3) is 0 Å². The van der Waals surface area contributed by atoms with E-state index in [0.717, 1.165) is 6.92 Å². The van der Waals surface area contributed by atoms with Crippen molar-refractivity contribution in [2.75, 3.05) is 5.32 Å². The summed E-state index contributed by atoms with van der Waals surface area (Å²) in [5.74, 6) is -9.79. The van der Waals surface area contributed by atoms with Gasteiger partial charge in [-0.3, -0.25) is 38.4 Å². The van der Waals surface area contributed by atoms with Gasteiger partial charge in [0.2, 0.25) is 29.5 Å². The van der Waals surface area contributed by atoms with Gasteiger partial charge in [-0.25, -0.2) is 4.79 Å². The summed E-state index contributed by atoms with van der Waals surface area (Å²) in [6.07, 6.45) is -2.84. The van der Waals surface area contributed by atoms with E-state index in [1.54, 1.807) is 13.0 Å². The van der Waals surface area contributed by atoms with Crippen molar-refractivity contribution >= 4 is 64.1 Å². The normalized spacial score (nSPS) is 13.4. The maximum Gasteiger partial charge on any atom is 0.336 e. The monoisotopic (exact) mass is 675 g/mol. The number of carbonyl (C=O) groups is 8. The Labute approximate surface area is 272 Å². The Bertz CT molecular complexity index is 1640. The van der Waals surface area contributed by atoms with E-state index in [2.05, 4.69) is 26.6 Å². The number of fused-ring (bicyclic) bond motifs is 1. The minimum Gasteiger partial charge on any atom is -0.481 e. The standard InChI is InChI=1S/C30H37N5O13/c1-13(2)26(35-27(44)18(7-8-22(37)38)33-29(46)19(11-23(39)40)31-15(4)36)30(47)34-20(12-24(41)42)28(45)32-16-5-6-17-14(3)9-25(43)48-21(17)10-16/h5-6,9-10,13,18-20,26H,7-8,11-12H2,1-4H3,(H,31,36)(H,32,45)(H,33,46)(H,34,47)(H,35,44)(H,37,38)(H,39,40)(H,41,42)/t18-,19-,20-,26?/m0/s1. The van der Waals surface area contributed by atoms with Crippen LogP contribution >= 0.6 is 0 Å². The summed E-state index contributed by atoms with van der Waals surface area (Å²) >= 11 is 0. The Morgan fingerprint density at radius 1 is 0.729 bits per heavy atom. The van der Waals surface area contributed by atoms with Gasteiger partial charge in [0.1, 0.15) is 29.8 Å². The van der Waals surface area contributed by atoms with Crippen LogP contribution in [0.4, 0.5) is 5.69 Å². The van der Waals surface area contributed by atoms with Crippen LogP contribution in [0.1, 0.15) is 52.0 Å². The van der Waals surface area contributed by atoms with E-state index in [9.17, 15) is 48.3 Å².